The highest BCUT2D eigenvalue weighted by Gasteiger charge is 2.45. The SMILES string of the molecule is Cc1ccc(C(=O)N2CCC(C(=O)N3CC4CC5CC(C4)CC3C5)CC2)cc1. The molecule has 2 atom stereocenters. The summed E-state index contributed by atoms with van der Waals surface area (Å²) in [6.45, 7) is 4.44. The molecule has 2 aliphatic carbocycles. The summed E-state index contributed by atoms with van der Waals surface area (Å²) in [6.07, 6.45) is 8.22. The lowest BCUT2D eigenvalue weighted by atomic mass is 9.68. The maximum atomic E-state index is 13.4. The van der Waals surface area contributed by atoms with Gasteiger partial charge in [0.05, 0.1) is 0 Å². The molecule has 5 fully saturated rings. The molecule has 4 heteroatoms. The van der Waals surface area contributed by atoms with Crippen LogP contribution in [-0.2, 0) is 4.79 Å². The molecule has 3 aliphatic heterocycles. The Bertz CT molecular complexity index is 736. The summed E-state index contributed by atoms with van der Waals surface area (Å²) in [6, 6.07) is 8.31. The van der Waals surface area contributed by atoms with E-state index in [2.05, 4.69) is 4.90 Å². The van der Waals surface area contributed by atoms with Gasteiger partial charge in [0.25, 0.3) is 5.91 Å². The predicted molar refractivity (Wildman–Crippen MR) is 109 cm³/mol. The Labute approximate surface area is 168 Å². The third-order valence-electron chi connectivity index (χ3n) is 7.82. The standard InChI is InChI=1S/C24H32N2O2/c1-16-2-4-20(5-3-16)23(27)25-8-6-21(7-9-25)24(28)26-15-19-11-17-10-18(12-19)14-22(26)13-17/h2-5,17-19,21-22H,6-15H2,1H3. The van der Waals surface area contributed by atoms with Crippen LogP contribution in [-0.4, -0.2) is 47.3 Å². The van der Waals surface area contributed by atoms with E-state index in [-0.39, 0.29) is 11.8 Å². The number of fused-ring (bicyclic) bond motifs is 1. The van der Waals surface area contributed by atoms with Crippen LogP contribution < -0.4 is 0 Å². The van der Waals surface area contributed by atoms with Crippen molar-refractivity contribution in [3.63, 3.8) is 0 Å². The van der Waals surface area contributed by atoms with Crippen molar-refractivity contribution >= 4 is 11.8 Å². The lowest BCUT2D eigenvalue weighted by molar-refractivity contribution is -0.139. The van der Waals surface area contributed by atoms with Gasteiger partial charge in [-0.05, 0) is 81.8 Å². The van der Waals surface area contributed by atoms with Gasteiger partial charge >= 0.3 is 0 Å². The number of amides is 2. The van der Waals surface area contributed by atoms with E-state index in [1.807, 2.05) is 36.1 Å². The fraction of sp³-hybridized carbons (Fsp3) is 0.667. The van der Waals surface area contributed by atoms with E-state index >= 15 is 0 Å². The van der Waals surface area contributed by atoms with Gasteiger partial charge in [-0.1, -0.05) is 17.7 Å². The van der Waals surface area contributed by atoms with Gasteiger partial charge in [0.15, 0.2) is 0 Å². The Hall–Kier alpha value is -1.84. The van der Waals surface area contributed by atoms with Crippen LogP contribution in [0, 0.1) is 30.6 Å². The largest absolute Gasteiger partial charge is 0.339 e. The molecule has 1 aromatic rings. The number of carbonyl (C=O) groups excluding carboxylic acids is 2. The highest BCUT2D eigenvalue weighted by atomic mass is 16.2. The van der Waals surface area contributed by atoms with E-state index < -0.39 is 0 Å². The smallest absolute Gasteiger partial charge is 0.253 e. The molecule has 4 nitrogen and oxygen atoms in total. The first-order chi connectivity index (χ1) is 13.6. The maximum absolute atomic E-state index is 13.4. The van der Waals surface area contributed by atoms with E-state index in [4.69, 9.17) is 0 Å². The van der Waals surface area contributed by atoms with Gasteiger partial charge in [-0.3, -0.25) is 9.59 Å². The van der Waals surface area contributed by atoms with Crippen molar-refractivity contribution < 1.29 is 9.59 Å². The summed E-state index contributed by atoms with van der Waals surface area (Å²) in [7, 11) is 0. The van der Waals surface area contributed by atoms with E-state index in [0.717, 1.165) is 42.7 Å². The third kappa shape index (κ3) is 3.35. The van der Waals surface area contributed by atoms with E-state index in [9.17, 15) is 9.59 Å². The first kappa shape index (κ1) is 18.2. The molecule has 6 rings (SSSR count). The highest BCUT2D eigenvalue weighted by molar-refractivity contribution is 5.94. The second-order valence-corrected chi connectivity index (χ2v) is 9.85. The zero-order valence-corrected chi connectivity index (χ0v) is 17.0. The van der Waals surface area contributed by atoms with Crippen molar-refractivity contribution in [2.45, 2.75) is 57.9 Å². The Morgan fingerprint density at radius 1 is 0.857 bits per heavy atom. The van der Waals surface area contributed by atoms with Gasteiger partial charge in [0.2, 0.25) is 5.91 Å². The molecule has 0 aromatic heterocycles. The molecule has 2 unspecified atom stereocenters. The van der Waals surface area contributed by atoms with E-state index in [1.165, 1.54) is 37.7 Å². The molecule has 4 bridgehead atoms. The number of likely N-dealkylation sites (tertiary alicyclic amines) is 1. The van der Waals surface area contributed by atoms with Gasteiger partial charge in [-0.15, -0.1) is 0 Å². The number of piperidine rings is 1. The molecule has 2 amide bonds. The second-order valence-electron chi connectivity index (χ2n) is 9.85. The Balaban J connectivity index is 1.21. The molecule has 0 spiro atoms. The van der Waals surface area contributed by atoms with Gasteiger partial charge < -0.3 is 9.80 Å². The van der Waals surface area contributed by atoms with Crippen LogP contribution in [0.1, 0.15) is 60.9 Å². The van der Waals surface area contributed by atoms with Crippen molar-refractivity contribution in [3.8, 4) is 0 Å². The van der Waals surface area contributed by atoms with Gasteiger partial charge in [-0.2, -0.15) is 0 Å². The summed E-state index contributed by atoms with van der Waals surface area (Å²) in [5, 5.41) is 0. The predicted octanol–water partition coefficient (Wildman–Crippen LogP) is 3.88. The topological polar surface area (TPSA) is 40.6 Å². The summed E-state index contributed by atoms with van der Waals surface area (Å²) < 4.78 is 0. The van der Waals surface area contributed by atoms with Crippen molar-refractivity contribution in [3.05, 3.63) is 35.4 Å². The number of hydrogen-bond acceptors (Lipinski definition) is 2. The number of benzene rings is 1. The minimum Gasteiger partial charge on any atom is -0.339 e. The number of hydrogen-bond donors (Lipinski definition) is 0. The highest BCUT2D eigenvalue weighted by Crippen LogP contribution is 2.47. The molecule has 150 valence electrons. The van der Waals surface area contributed by atoms with Gasteiger partial charge in [-0.25, -0.2) is 0 Å². The first-order valence-corrected chi connectivity index (χ1v) is 11.2. The van der Waals surface area contributed by atoms with E-state index in [0.29, 0.717) is 25.0 Å². The minimum absolute atomic E-state index is 0.108. The van der Waals surface area contributed by atoms with Gasteiger partial charge in [0.1, 0.15) is 0 Å². The molecule has 0 radical (unpaired) electrons. The number of aryl methyl sites for hydroxylation is 1. The minimum atomic E-state index is 0.108. The molecule has 3 saturated heterocycles. The number of nitrogens with zero attached hydrogens (tertiary/aromatic N) is 2. The lowest BCUT2D eigenvalue weighted by Crippen LogP contribution is -2.48. The van der Waals surface area contributed by atoms with Crippen LogP contribution >= 0.6 is 0 Å². The normalized spacial score (nSPS) is 32.5. The zero-order valence-electron chi connectivity index (χ0n) is 17.0. The molecule has 1 aromatic carbocycles. The molecule has 3 heterocycles. The van der Waals surface area contributed by atoms with Crippen LogP contribution in [0.15, 0.2) is 24.3 Å². The Morgan fingerprint density at radius 2 is 1.46 bits per heavy atom. The summed E-state index contributed by atoms with van der Waals surface area (Å²) >= 11 is 0. The number of carbonyl (C=O) groups is 2. The Morgan fingerprint density at radius 3 is 2.11 bits per heavy atom. The van der Waals surface area contributed by atoms with Crippen molar-refractivity contribution in [1.29, 1.82) is 0 Å². The molecular weight excluding hydrogens is 348 g/mol. The van der Waals surface area contributed by atoms with Crippen LogP contribution in [0.5, 0.6) is 0 Å². The average molecular weight is 381 g/mol. The molecule has 2 saturated carbocycles. The second kappa shape index (κ2) is 7.20. The third-order valence-corrected chi connectivity index (χ3v) is 7.82. The quantitative estimate of drug-likeness (QED) is 0.781. The van der Waals surface area contributed by atoms with Crippen LogP contribution in [0.2, 0.25) is 0 Å². The van der Waals surface area contributed by atoms with E-state index in [1.54, 1.807) is 0 Å². The Kier molecular flexibility index (Phi) is 4.68. The van der Waals surface area contributed by atoms with Gasteiger partial charge in [0, 0.05) is 37.2 Å². The van der Waals surface area contributed by atoms with Crippen LogP contribution in [0.4, 0.5) is 0 Å². The van der Waals surface area contributed by atoms with Crippen LogP contribution in [0.3, 0.4) is 0 Å². The van der Waals surface area contributed by atoms with Crippen molar-refractivity contribution in [2.75, 3.05) is 19.6 Å². The number of rotatable bonds is 2. The molecule has 5 aliphatic rings. The molecule has 0 N–H and O–H groups in total. The van der Waals surface area contributed by atoms with Crippen molar-refractivity contribution in [2.24, 2.45) is 23.7 Å². The first-order valence-electron chi connectivity index (χ1n) is 11.2. The van der Waals surface area contributed by atoms with Crippen molar-refractivity contribution in [1.82, 2.24) is 9.80 Å². The summed E-state index contributed by atoms with van der Waals surface area (Å²) in [5.74, 6) is 3.09. The van der Waals surface area contributed by atoms with Crippen LogP contribution in [0.25, 0.3) is 0 Å². The maximum Gasteiger partial charge on any atom is 0.253 e. The average Bonchev–Trinajstić information content (AvgIpc) is 2.91. The lowest BCUT2D eigenvalue weighted by Gasteiger charge is -2.40. The fourth-order valence-corrected chi connectivity index (χ4v) is 6.50. The zero-order chi connectivity index (χ0) is 19.3. The molecular formula is C24H32N2O2. The summed E-state index contributed by atoms with van der Waals surface area (Å²) in [4.78, 5) is 30.4. The summed E-state index contributed by atoms with van der Waals surface area (Å²) in [5.41, 5.74) is 1.93. The molecule has 28 heavy (non-hydrogen) atoms. The monoisotopic (exact) mass is 380 g/mol. The fourth-order valence-electron chi connectivity index (χ4n) is 6.50.